The van der Waals surface area contributed by atoms with E-state index in [0.29, 0.717) is 23.9 Å². The van der Waals surface area contributed by atoms with Crippen molar-refractivity contribution in [3.8, 4) is 11.3 Å². The molecule has 0 radical (unpaired) electrons. The Morgan fingerprint density at radius 1 is 1.21 bits per heavy atom. The van der Waals surface area contributed by atoms with Gasteiger partial charge >= 0.3 is 11.8 Å². The molecule has 0 aliphatic carbocycles. The van der Waals surface area contributed by atoms with Crippen LogP contribution in [0.4, 0.5) is 4.79 Å². The van der Waals surface area contributed by atoms with Crippen LogP contribution in [0, 0.1) is 0 Å². The molecule has 0 bridgehead atoms. The Kier molecular flexibility index (Phi) is 8.76. The molecule has 14 heteroatoms. The van der Waals surface area contributed by atoms with E-state index in [9.17, 15) is 27.6 Å². The predicted octanol–water partition coefficient (Wildman–Crippen LogP) is 1.69. The Morgan fingerprint density at radius 2 is 1.92 bits per heavy atom. The summed E-state index contributed by atoms with van der Waals surface area (Å²) >= 11 is 0. The number of nitrogens with zero attached hydrogens (tertiary/aromatic N) is 5. The van der Waals surface area contributed by atoms with Gasteiger partial charge in [-0.2, -0.15) is 5.10 Å². The number of hydrogen-bond acceptors (Lipinski definition) is 9. The van der Waals surface area contributed by atoms with E-state index in [4.69, 9.17) is 9.47 Å². The zero-order valence-electron chi connectivity index (χ0n) is 21.9. The minimum atomic E-state index is -4.47. The SMILES string of the molecule is CCCOC(=O)N(n1c(=O)c2cc(-c3ccnn3C)c(C(C)C)cc2n(CCCOC=O)c1=O)S(C)(=O)=O. The first-order valence-electron chi connectivity index (χ1n) is 12.0. The van der Waals surface area contributed by atoms with Crippen molar-refractivity contribution in [2.45, 2.75) is 46.1 Å². The number of carbonyl (C=O) groups is 2. The van der Waals surface area contributed by atoms with E-state index in [1.54, 1.807) is 43.0 Å². The highest BCUT2D eigenvalue weighted by molar-refractivity contribution is 7.92. The highest BCUT2D eigenvalue weighted by Gasteiger charge is 2.32. The van der Waals surface area contributed by atoms with Crippen molar-refractivity contribution in [1.82, 2.24) is 19.0 Å². The Labute approximate surface area is 219 Å². The topological polar surface area (TPSA) is 152 Å². The lowest BCUT2D eigenvalue weighted by Gasteiger charge is -2.23. The third-order valence-corrected chi connectivity index (χ3v) is 6.75. The van der Waals surface area contributed by atoms with E-state index in [-0.39, 0.29) is 58.6 Å². The lowest BCUT2D eigenvalue weighted by Crippen LogP contribution is -2.57. The van der Waals surface area contributed by atoms with Crippen molar-refractivity contribution < 1.29 is 27.5 Å². The fourth-order valence-corrected chi connectivity index (χ4v) is 4.86. The quantitative estimate of drug-likeness (QED) is 0.257. The van der Waals surface area contributed by atoms with Gasteiger partial charge in [-0.3, -0.25) is 18.8 Å². The van der Waals surface area contributed by atoms with Gasteiger partial charge in [-0.1, -0.05) is 25.2 Å². The standard InChI is InChI=1S/C24H31N5O8S/c1-6-11-37-24(33)29(38(5,34)35)28-22(31)19-13-18(20-8-9-25-26(20)4)17(16(2)3)14-21(19)27(23(28)32)10-7-12-36-15-30/h8-9,13-16H,6-7,10-12H2,1-5H3. The first kappa shape index (κ1) is 28.6. The van der Waals surface area contributed by atoms with Crippen LogP contribution in [0.15, 0.2) is 34.0 Å². The van der Waals surface area contributed by atoms with Crippen molar-refractivity contribution in [1.29, 1.82) is 0 Å². The summed E-state index contributed by atoms with van der Waals surface area (Å²) in [6.45, 7) is 5.72. The molecule has 2 aromatic heterocycles. The molecule has 206 valence electrons. The second-order valence-electron chi connectivity index (χ2n) is 8.94. The number of sulfonamides is 1. The molecule has 3 rings (SSSR count). The first-order chi connectivity index (χ1) is 17.9. The number of aromatic nitrogens is 4. The molecule has 1 amide bonds. The summed E-state index contributed by atoms with van der Waals surface area (Å²) in [4.78, 5) is 50.8. The number of ether oxygens (including phenoxy) is 2. The number of amides is 1. The van der Waals surface area contributed by atoms with Crippen LogP contribution in [0.25, 0.3) is 22.2 Å². The van der Waals surface area contributed by atoms with E-state index < -0.39 is 27.4 Å². The molecular formula is C24H31N5O8S. The van der Waals surface area contributed by atoms with Gasteiger partial charge in [-0.25, -0.2) is 18.0 Å². The van der Waals surface area contributed by atoms with Crippen molar-refractivity contribution in [2.24, 2.45) is 7.05 Å². The van der Waals surface area contributed by atoms with Crippen molar-refractivity contribution in [2.75, 3.05) is 23.9 Å². The number of aryl methyl sites for hydroxylation is 2. The second kappa shape index (κ2) is 11.6. The van der Waals surface area contributed by atoms with Gasteiger partial charge in [0.1, 0.15) is 0 Å². The van der Waals surface area contributed by atoms with E-state index >= 15 is 0 Å². The summed E-state index contributed by atoms with van der Waals surface area (Å²) < 4.78 is 38.2. The van der Waals surface area contributed by atoms with Crippen LogP contribution in [-0.4, -0.2) is 59.5 Å². The molecule has 13 nitrogen and oxygen atoms in total. The average molecular weight is 550 g/mol. The Hall–Kier alpha value is -3.94. The van der Waals surface area contributed by atoms with Crippen LogP contribution in [0.2, 0.25) is 0 Å². The Balaban J connectivity index is 2.44. The summed E-state index contributed by atoms with van der Waals surface area (Å²) in [5.41, 5.74) is 0.342. The van der Waals surface area contributed by atoms with Crippen molar-refractivity contribution >= 4 is 33.5 Å². The molecule has 0 aliphatic heterocycles. The smallest absolute Gasteiger partial charge is 0.444 e. The average Bonchev–Trinajstić information content (AvgIpc) is 3.28. The zero-order chi connectivity index (χ0) is 28.2. The fourth-order valence-electron chi connectivity index (χ4n) is 4.10. The van der Waals surface area contributed by atoms with Gasteiger partial charge in [-0.05, 0) is 42.5 Å². The molecule has 0 N–H and O–H groups in total. The van der Waals surface area contributed by atoms with Gasteiger partial charge in [0.25, 0.3) is 22.1 Å². The summed E-state index contributed by atoms with van der Waals surface area (Å²) in [7, 11) is -2.72. The summed E-state index contributed by atoms with van der Waals surface area (Å²) in [6, 6.07) is 5.04. The molecule has 0 atom stereocenters. The first-order valence-corrected chi connectivity index (χ1v) is 13.8. The lowest BCUT2D eigenvalue weighted by molar-refractivity contribution is -0.128. The van der Waals surface area contributed by atoms with E-state index in [1.165, 1.54) is 4.57 Å². The van der Waals surface area contributed by atoms with Gasteiger partial charge in [0.05, 0.1) is 36.1 Å². The van der Waals surface area contributed by atoms with Crippen molar-refractivity contribution in [3.63, 3.8) is 0 Å². The number of carbonyl (C=O) groups excluding carboxylic acids is 2. The number of benzene rings is 1. The number of hydrogen-bond donors (Lipinski definition) is 0. The van der Waals surface area contributed by atoms with E-state index in [2.05, 4.69) is 5.10 Å². The molecule has 0 saturated heterocycles. The predicted molar refractivity (Wildman–Crippen MR) is 140 cm³/mol. The molecule has 3 aromatic rings. The second-order valence-corrected chi connectivity index (χ2v) is 10.8. The normalized spacial score (nSPS) is 11.6. The molecular weight excluding hydrogens is 518 g/mol. The highest BCUT2D eigenvalue weighted by Crippen LogP contribution is 2.32. The molecule has 0 unspecified atom stereocenters. The summed E-state index contributed by atoms with van der Waals surface area (Å²) in [6.07, 6.45) is 1.50. The fraction of sp³-hybridized carbons (Fsp3) is 0.458. The van der Waals surface area contributed by atoms with Crippen LogP contribution in [-0.2, 0) is 37.9 Å². The van der Waals surface area contributed by atoms with E-state index in [0.717, 1.165) is 5.56 Å². The van der Waals surface area contributed by atoms with Crippen LogP contribution in [0.1, 0.15) is 45.1 Å². The van der Waals surface area contributed by atoms with Gasteiger partial charge in [-0.15, -0.1) is 4.68 Å². The third kappa shape index (κ3) is 5.64. The van der Waals surface area contributed by atoms with Crippen LogP contribution in [0.5, 0.6) is 0 Å². The van der Waals surface area contributed by atoms with Gasteiger partial charge in [0.2, 0.25) is 0 Å². The lowest BCUT2D eigenvalue weighted by atomic mass is 9.93. The molecule has 38 heavy (non-hydrogen) atoms. The summed E-state index contributed by atoms with van der Waals surface area (Å²) in [5.74, 6) is -0.0229. The Bertz CT molecular complexity index is 1570. The molecule has 1 aromatic carbocycles. The van der Waals surface area contributed by atoms with Gasteiger partial charge in [0, 0.05) is 25.4 Å². The number of rotatable bonds is 11. The molecule has 0 aliphatic rings. The largest absolute Gasteiger partial charge is 0.468 e. The molecule has 2 heterocycles. The maximum absolute atomic E-state index is 13.8. The monoisotopic (exact) mass is 549 g/mol. The van der Waals surface area contributed by atoms with Gasteiger partial charge < -0.3 is 9.47 Å². The van der Waals surface area contributed by atoms with Gasteiger partial charge in [0.15, 0.2) is 0 Å². The zero-order valence-corrected chi connectivity index (χ0v) is 22.7. The van der Waals surface area contributed by atoms with Crippen LogP contribution >= 0.6 is 0 Å². The maximum Gasteiger partial charge on any atom is 0.444 e. The highest BCUT2D eigenvalue weighted by atomic mass is 32.2. The Morgan fingerprint density at radius 3 is 2.47 bits per heavy atom. The molecule has 0 fully saturated rings. The van der Waals surface area contributed by atoms with Crippen LogP contribution < -0.4 is 15.7 Å². The molecule has 0 spiro atoms. The minimum absolute atomic E-state index is 0.00144. The summed E-state index contributed by atoms with van der Waals surface area (Å²) in [5, 5.41) is 4.20. The third-order valence-electron chi connectivity index (χ3n) is 5.81. The van der Waals surface area contributed by atoms with Crippen LogP contribution in [0.3, 0.4) is 0 Å². The maximum atomic E-state index is 13.8. The minimum Gasteiger partial charge on any atom is -0.468 e. The van der Waals surface area contributed by atoms with Crippen molar-refractivity contribution in [3.05, 3.63) is 50.8 Å². The van der Waals surface area contributed by atoms with E-state index in [1.807, 2.05) is 13.8 Å². The number of fused-ring (bicyclic) bond motifs is 1. The molecule has 0 saturated carbocycles.